The van der Waals surface area contributed by atoms with Crippen molar-refractivity contribution >= 4 is 0 Å². The quantitative estimate of drug-likeness (QED) is 0.521. The van der Waals surface area contributed by atoms with Crippen molar-refractivity contribution in [2.24, 2.45) is 23.7 Å². The Balaban J connectivity index is 2.58. The highest BCUT2D eigenvalue weighted by molar-refractivity contribution is 4.99. The van der Waals surface area contributed by atoms with Crippen LogP contribution in [0.25, 0.3) is 0 Å². The SMILES string of the molecule is C#C[C@H]1C[C@H](C)CC[C@H]1C(C)C. The first kappa shape index (κ1) is 9.65. The van der Waals surface area contributed by atoms with E-state index in [1.54, 1.807) is 0 Å². The molecule has 1 aliphatic rings. The van der Waals surface area contributed by atoms with Gasteiger partial charge in [-0.15, -0.1) is 12.3 Å². The Labute approximate surface area is 76.7 Å². The molecule has 0 heterocycles. The number of hydrogen-bond acceptors (Lipinski definition) is 0. The van der Waals surface area contributed by atoms with Crippen LogP contribution in [0.15, 0.2) is 0 Å². The molecule has 1 aliphatic carbocycles. The van der Waals surface area contributed by atoms with Crippen LogP contribution in [0.5, 0.6) is 0 Å². The Morgan fingerprint density at radius 2 is 2.00 bits per heavy atom. The summed E-state index contributed by atoms with van der Waals surface area (Å²) in [6.45, 7) is 6.91. The lowest BCUT2D eigenvalue weighted by atomic mass is 9.70. The highest BCUT2D eigenvalue weighted by Gasteiger charge is 2.28. The summed E-state index contributed by atoms with van der Waals surface area (Å²) in [5, 5.41) is 0. The van der Waals surface area contributed by atoms with Gasteiger partial charge in [0.25, 0.3) is 0 Å². The normalized spacial score (nSPS) is 36.4. The van der Waals surface area contributed by atoms with Gasteiger partial charge >= 0.3 is 0 Å². The Kier molecular flexibility index (Phi) is 3.20. The van der Waals surface area contributed by atoms with E-state index in [0.717, 1.165) is 17.8 Å². The molecule has 0 N–H and O–H groups in total. The predicted molar refractivity (Wildman–Crippen MR) is 53.7 cm³/mol. The van der Waals surface area contributed by atoms with Gasteiger partial charge in [-0.2, -0.15) is 0 Å². The first-order valence-electron chi connectivity index (χ1n) is 5.11. The van der Waals surface area contributed by atoms with E-state index in [0.29, 0.717) is 5.92 Å². The molecule has 1 rings (SSSR count). The summed E-state index contributed by atoms with van der Waals surface area (Å²) in [6.07, 6.45) is 9.51. The number of terminal acetylenes is 1. The molecule has 0 amide bonds. The van der Waals surface area contributed by atoms with Gasteiger partial charge in [-0.3, -0.25) is 0 Å². The summed E-state index contributed by atoms with van der Waals surface area (Å²) in [4.78, 5) is 0. The van der Waals surface area contributed by atoms with E-state index in [4.69, 9.17) is 6.42 Å². The summed E-state index contributed by atoms with van der Waals surface area (Å²) < 4.78 is 0. The second-order valence-corrected chi connectivity index (χ2v) is 4.60. The molecule has 1 fully saturated rings. The maximum absolute atomic E-state index is 5.54. The minimum absolute atomic E-state index is 0.550. The molecule has 3 atom stereocenters. The fourth-order valence-corrected chi connectivity index (χ4v) is 2.39. The summed E-state index contributed by atoms with van der Waals surface area (Å²) >= 11 is 0. The van der Waals surface area contributed by atoms with Crippen LogP contribution in [0, 0.1) is 36.0 Å². The summed E-state index contributed by atoms with van der Waals surface area (Å²) in [5.41, 5.74) is 0. The van der Waals surface area contributed by atoms with E-state index in [9.17, 15) is 0 Å². The average molecular weight is 164 g/mol. The molecule has 0 bridgehead atoms. The molecule has 0 aromatic rings. The monoisotopic (exact) mass is 164 g/mol. The predicted octanol–water partition coefficient (Wildman–Crippen LogP) is 3.33. The molecule has 0 radical (unpaired) electrons. The van der Waals surface area contributed by atoms with Crippen molar-refractivity contribution in [3.05, 3.63) is 0 Å². The zero-order valence-corrected chi connectivity index (χ0v) is 8.51. The molecule has 0 heteroatoms. The standard InChI is InChI=1S/C12H20/c1-5-11-8-10(4)6-7-12(11)9(2)3/h1,9-12H,6-8H2,2-4H3/t10-,11+,12+/m1/s1. The lowest BCUT2D eigenvalue weighted by molar-refractivity contribution is 0.185. The van der Waals surface area contributed by atoms with Gasteiger partial charge in [-0.05, 0) is 30.6 Å². The first-order valence-corrected chi connectivity index (χ1v) is 5.11. The zero-order valence-electron chi connectivity index (χ0n) is 8.51. The average Bonchev–Trinajstić information content (AvgIpc) is 2.03. The smallest absolute Gasteiger partial charge is 0.0233 e. The molecular weight excluding hydrogens is 144 g/mol. The van der Waals surface area contributed by atoms with Crippen LogP contribution in [0.1, 0.15) is 40.0 Å². The van der Waals surface area contributed by atoms with Crippen LogP contribution >= 0.6 is 0 Å². The Hall–Kier alpha value is -0.440. The third-order valence-corrected chi connectivity index (χ3v) is 3.24. The minimum Gasteiger partial charge on any atom is -0.120 e. The maximum atomic E-state index is 5.54. The van der Waals surface area contributed by atoms with Gasteiger partial charge in [0.2, 0.25) is 0 Å². The van der Waals surface area contributed by atoms with Gasteiger partial charge in [-0.1, -0.05) is 27.2 Å². The highest BCUT2D eigenvalue weighted by atomic mass is 14.3. The van der Waals surface area contributed by atoms with Crippen LogP contribution < -0.4 is 0 Å². The van der Waals surface area contributed by atoms with E-state index in [2.05, 4.69) is 26.7 Å². The van der Waals surface area contributed by atoms with Gasteiger partial charge in [0, 0.05) is 5.92 Å². The molecule has 0 unspecified atom stereocenters. The van der Waals surface area contributed by atoms with E-state index in [1.807, 2.05) is 0 Å². The third-order valence-electron chi connectivity index (χ3n) is 3.24. The second kappa shape index (κ2) is 3.99. The Bertz CT molecular complexity index is 173. The van der Waals surface area contributed by atoms with Crippen molar-refractivity contribution in [2.45, 2.75) is 40.0 Å². The lowest BCUT2D eigenvalue weighted by Gasteiger charge is -2.34. The van der Waals surface area contributed by atoms with E-state index in [-0.39, 0.29) is 0 Å². The fraction of sp³-hybridized carbons (Fsp3) is 0.833. The zero-order chi connectivity index (χ0) is 9.14. The summed E-state index contributed by atoms with van der Waals surface area (Å²) in [7, 11) is 0. The molecule has 0 spiro atoms. The van der Waals surface area contributed by atoms with Gasteiger partial charge in [-0.25, -0.2) is 0 Å². The lowest BCUT2D eigenvalue weighted by Crippen LogP contribution is -2.26. The van der Waals surface area contributed by atoms with Crippen molar-refractivity contribution < 1.29 is 0 Å². The summed E-state index contributed by atoms with van der Waals surface area (Å²) in [6, 6.07) is 0. The van der Waals surface area contributed by atoms with Crippen molar-refractivity contribution in [3.8, 4) is 12.3 Å². The molecule has 12 heavy (non-hydrogen) atoms. The second-order valence-electron chi connectivity index (χ2n) is 4.60. The van der Waals surface area contributed by atoms with Gasteiger partial charge < -0.3 is 0 Å². The summed E-state index contributed by atoms with van der Waals surface area (Å²) in [5.74, 6) is 5.91. The molecule has 0 nitrogen and oxygen atoms in total. The van der Waals surface area contributed by atoms with Crippen LogP contribution in [-0.4, -0.2) is 0 Å². The number of rotatable bonds is 1. The minimum atomic E-state index is 0.550. The van der Waals surface area contributed by atoms with E-state index in [1.165, 1.54) is 19.3 Å². The van der Waals surface area contributed by atoms with Crippen molar-refractivity contribution in [3.63, 3.8) is 0 Å². The number of hydrogen-bond donors (Lipinski definition) is 0. The van der Waals surface area contributed by atoms with Gasteiger partial charge in [0.1, 0.15) is 0 Å². The van der Waals surface area contributed by atoms with Crippen LogP contribution in [0.3, 0.4) is 0 Å². The van der Waals surface area contributed by atoms with Gasteiger partial charge in [0.05, 0.1) is 0 Å². The van der Waals surface area contributed by atoms with Crippen molar-refractivity contribution in [2.75, 3.05) is 0 Å². The molecule has 0 saturated heterocycles. The Morgan fingerprint density at radius 1 is 1.33 bits per heavy atom. The third kappa shape index (κ3) is 2.03. The fourth-order valence-electron chi connectivity index (χ4n) is 2.39. The molecule has 1 saturated carbocycles. The van der Waals surface area contributed by atoms with Crippen molar-refractivity contribution in [1.82, 2.24) is 0 Å². The highest BCUT2D eigenvalue weighted by Crippen LogP contribution is 2.37. The van der Waals surface area contributed by atoms with Crippen LogP contribution in [0.2, 0.25) is 0 Å². The van der Waals surface area contributed by atoms with E-state index >= 15 is 0 Å². The maximum Gasteiger partial charge on any atom is 0.0233 e. The molecule has 68 valence electrons. The van der Waals surface area contributed by atoms with Gasteiger partial charge in [0.15, 0.2) is 0 Å². The molecule has 0 aromatic heterocycles. The first-order chi connectivity index (χ1) is 5.65. The van der Waals surface area contributed by atoms with Crippen molar-refractivity contribution in [1.29, 1.82) is 0 Å². The molecular formula is C12H20. The van der Waals surface area contributed by atoms with E-state index < -0.39 is 0 Å². The van der Waals surface area contributed by atoms with Crippen LogP contribution in [0.4, 0.5) is 0 Å². The van der Waals surface area contributed by atoms with Crippen LogP contribution in [-0.2, 0) is 0 Å². The topological polar surface area (TPSA) is 0 Å². The molecule has 0 aliphatic heterocycles. The largest absolute Gasteiger partial charge is 0.120 e. The Morgan fingerprint density at radius 3 is 2.50 bits per heavy atom. The molecule has 0 aromatic carbocycles.